The minimum atomic E-state index is -4.77. The fourth-order valence-electron chi connectivity index (χ4n) is 2.93. The van der Waals surface area contributed by atoms with Gasteiger partial charge in [0.15, 0.2) is 0 Å². The Labute approximate surface area is 177 Å². The lowest BCUT2D eigenvalue weighted by Gasteiger charge is -2.14. The Balaban J connectivity index is 1.90. The maximum Gasteiger partial charge on any atom is 0.573 e. The van der Waals surface area contributed by atoms with Crippen molar-refractivity contribution in [2.24, 2.45) is 0 Å². The van der Waals surface area contributed by atoms with Crippen molar-refractivity contribution >= 4 is 11.6 Å². The van der Waals surface area contributed by atoms with E-state index in [1.165, 1.54) is 18.2 Å². The maximum absolute atomic E-state index is 12.5. The van der Waals surface area contributed by atoms with E-state index in [9.17, 15) is 18.0 Å². The number of aromatic nitrogens is 2. The summed E-state index contributed by atoms with van der Waals surface area (Å²) in [6, 6.07) is 10.9. The summed E-state index contributed by atoms with van der Waals surface area (Å²) in [6.07, 6.45) is -2.98. The van der Waals surface area contributed by atoms with Crippen molar-refractivity contribution in [1.29, 1.82) is 0 Å². The Hall–Kier alpha value is -3.51. The van der Waals surface area contributed by atoms with E-state index in [2.05, 4.69) is 21.6 Å². The number of halogens is 3. The smallest absolute Gasteiger partial charge is 0.465 e. The van der Waals surface area contributed by atoms with Crippen LogP contribution in [0.3, 0.4) is 0 Å². The van der Waals surface area contributed by atoms with Crippen LogP contribution < -0.4 is 4.74 Å². The van der Waals surface area contributed by atoms with Crippen molar-refractivity contribution < 1.29 is 27.4 Å². The summed E-state index contributed by atoms with van der Waals surface area (Å²) in [5, 5.41) is 0. The molecular formula is C22H20F3N3O3. The molecule has 0 bridgehead atoms. The molecule has 0 saturated carbocycles. The SMILES string of the molecule is CCOC(=O)CN(C)Cc1nc2ccccn2c1C#Cc1cccc(OC(F)(F)F)c1. The summed E-state index contributed by atoms with van der Waals surface area (Å²) in [5.41, 5.74) is 2.24. The molecule has 2 heterocycles. The molecule has 0 spiro atoms. The van der Waals surface area contributed by atoms with Crippen LogP contribution in [0.4, 0.5) is 13.2 Å². The molecule has 0 saturated heterocycles. The summed E-state index contributed by atoms with van der Waals surface area (Å²) in [6.45, 7) is 2.46. The molecule has 0 radical (unpaired) electrons. The number of pyridine rings is 1. The lowest BCUT2D eigenvalue weighted by Crippen LogP contribution is -2.27. The Morgan fingerprint density at radius 2 is 2.00 bits per heavy atom. The second-order valence-corrected chi connectivity index (χ2v) is 6.64. The summed E-state index contributed by atoms with van der Waals surface area (Å²) < 4.78 is 48.1. The van der Waals surface area contributed by atoms with Gasteiger partial charge in [0.2, 0.25) is 0 Å². The van der Waals surface area contributed by atoms with Crippen LogP contribution in [0, 0.1) is 11.8 Å². The molecule has 9 heteroatoms. The van der Waals surface area contributed by atoms with E-state index in [1.54, 1.807) is 35.5 Å². The van der Waals surface area contributed by atoms with Crippen molar-refractivity contribution in [1.82, 2.24) is 14.3 Å². The van der Waals surface area contributed by atoms with E-state index < -0.39 is 6.36 Å². The van der Waals surface area contributed by atoms with Crippen LogP contribution in [0.5, 0.6) is 5.75 Å². The number of hydrogen-bond donors (Lipinski definition) is 0. The van der Waals surface area contributed by atoms with Crippen LogP contribution >= 0.6 is 0 Å². The molecule has 0 aliphatic heterocycles. The van der Waals surface area contributed by atoms with E-state index in [0.717, 1.165) is 0 Å². The van der Waals surface area contributed by atoms with E-state index in [0.29, 0.717) is 35.8 Å². The number of fused-ring (bicyclic) bond motifs is 1. The normalized spacial score (nSPS) is 11.3. The predicted octanol–water partition coefficient (Wildman–Crippen LogP) is 3.63. The average Bonchev–Trinajstić information content (AvgIpc) is 3.02. The fourth-order valence-corrected chi connectivity index (χ4v) is 2.93. The van der Waals surface area contributed by atoms with E-state index >= 15 is 0 Å². The molecular weight excluding hydrogens is 411 g/mol. The van der Waals surface area contributed by atoms with E-state index in [1.807, 2.05) is 18.2 Å². The number of esters is 1. The summed E-state index contributed by atoms with van der Waals surface area (Å²) in [5.74, 6) is 5.18. The third-order valence-electron chi connectivity index (χ3n) is 4.12. The van der Waals surface area contributed by atoms with Gasteiger partial charge in [-0.1, -0.05) is 18.1 Å². The number of nitrogens with zero attached hydrogens (tertiary/aromatic N) is 3. The highest BCUT2D eigenvalue weighted by Gasteiger charge is 2.31. The quantitative estimate of drug-likeness (QED) is 0.441. The van der Waals surface area contributed by atoms with Crippen LogP contribution in [-0.4, -0.2) is 46.8 Å². The second-order valence-electron chi connectivity index (χ2n) is 6.64. The standard InChI is InChI=1S/C22H20F3N3O3/c1-3-30-21(29)15-27(2)14-18-19(28-12-5-4-9-20(28)26-18)11-10-16-7-6-8-17(13-16)31-22(23,24)25/h4-9,12-13H,3,14-15H2,1-2H3. The maximum atomic E-state index is 12.5. The molecule has 0 unspecified atom stereocenters. The molecule has 31 heavy (non-hydrogen) atoms. The van der Waals surface area contributed by atoms with Gasteiger partial charge >= 0.3 is 12.3 Å². The van der Waals surface area contributed by atoms with Crippen LogP contribution in [0.1, 0.15) is 23.9 Å². The Kier molecular flexibility index (Phi) is 6.82. The van der Waals surface area contributed by atoms with Crippen molar-refractivity contribution in [2.45, 2.75) is 19.8 Å². The lowest BCUT2D eigenvalue weighted by atomic mass is 10.2. The molecule has 1 aromatic carbocycles. The van der Waals surface area contributed by atoms with Gasteiger partial charge < -0.3 is 9.47 Å². The minimum absolute atomic E-state index is 0.0887. The predicted molar refractivity (Wildman–Crippen MR) is 107 cm³/mol. The summed E-state index contributed by atoms with van der Waals surface area (Å²) in [7, 11) is 1.76. The van der Waals surface area contributed by atoms with Gasteiger partial charge in [-0.3, -0.25) is 14.1 Å². The number of hydrogen-bond acceptors (Lipinski definition) is 5. The first kappa shape index (κ1) is 22.2. The first-order valence-electron chi connectivity index (χ1n) is 9.43. The average molecular weight is 431 g/mol. The largest absolute Gasteiger partial charge is 0.573 e. The van der Waals surface area contributed by atoms with Crippen molar-refractivity contribution in [3.63, 3.8) is 0 Å². The zero-order valence-corrected chi connectivity index (χ0v) is 16.9. The van der Waals surface area contributed by atoms with Gasteiger partial charge in [0.05, 0.1) is 18.8 Å². The number of ether oxygens (including phenoxy) is 2. The number of carbonyl (C=O) groups excluding carboxylic acids is 1. The number of carbonyl (C=O) groups is 1. The second kappa shape index (κ2) is 9.53. The number of imidazole rings is 1. The summed E-state index contributed by atoms with van der Waals surface area (Å²) >= 11 is 0. The molecule has 3 rings (SSSR count). The monoisotopic (exact) mass is 431 g/mol. The van der Waals surface area contributed by atoms with E-state index in [-0.39, 0.29) is 18.3 Å². The van der Waals surface area contributed by atoms with Gasteiger partial charge in [-0.05, 0) is 50.2 Å². The van der Waals surface area contributed by atoms with Gasteiger partial charge in [-0.25, -0.2) is 4.98 Å². The number of likely N-dealkylation sites (N-methyl/N-ethyl adjacent to an activating group) is 1. The van der Waals surface area contributed by atoms with Gasteiger partial charge in [0.1, 0.15) is 17.1 Å². The van der Waals surface area contributed by atoms with Crippen molar-refractivity contribution in [3.05, 3.63) is 65.6 Å². The fraction of sp³-hybridized carbons (Fsp3) is 0.273. The molecule has 0 amide bonds. The number of benzene rings is 1. The number of rotatable bonds is 6. The van der Waals surface area contributed by atoms with Gasteiger partial charge in [-0.2, -0.15) is 0 Å². The Morgan fingerprint density at radius 1 is 1.19 bits per heavy atom. The highest BCUT2D eigenvalue weighted by Crippen LogP contribution is 2.23. The molecule has 0 fully saturated rings. The summed E-state index contributed by atoms with van der Waals surface area (Å²) in [4.78, 5) is 18.1. The molecule has 0 N–H and O–H groups in total. The highest BCUT2D eigenvalue weighted by atomic mass is 19.4. The molecule has 0 atom stereocenters. The van der Waals surface area contributed by atoms with Gasteiger partial charge in [0, 0.05) is 18.3 Å². The Morgan fingerprint density at radius 3 is 2.74 bits per heavy atom. The molecule has 6 nitrogen and oxygen atoms in total. The van der Waals surface area contributed by atoms with Gasteiger partial charge in [0.25, 0.3) is 0 Å². The van der Waals surface area contributed by atoms with Crippen LogP contribution in [0.15, 0.2) is 48.7 Å². The zero-order chi connectivity index (χ0) is 22.4. The highest BCUT2D eigenvalue weighted by molar-refractivity contribution is 5.71. The molecule has 162 valence electrons. The van der Waals surface area contributed by atoms with Crippen LogP contribution in [-0.2, 0) is 16.1 Å². The Bertz CT molecular complexity index is 1130. The number of alkyl halides is 3. The van der Waals surface area contributed by atoms with Gasteiger partial charge in [-0.15, -0.1) is 13.2 Å². The third kappa shape index (κ3) is 6.23. The minimum Gasteiger partial charge on any atom is -0.465 e. The first-order valence-corrected chi connectivity index (χ1v) is 9.43. The third-order valence-corrected chi connectivity index (χ3v) is 4.12. The lowest BCUT2D eigenvalue weighted by molar-refractivity contribution is -0.274. The van der Waals surface area contributed by atoms with Crippen molar-refractivity contribution in [3.8, 4) is 17.6 Å². The first-order chi connectivity index (χ1) is 14.7. The molecule has 3 aromatic rings. The molecule has 2 aromatic heterocycles. The van der Waals surface area contributed by atoms with Crippen molar-refractivity contribution in [2.75, 3.05) is 20.2 Å². The van der Waals surface area contributed by atoms with E-state index in [4.69, 9.17) is 4.74 Å². The molecule has 0 aliphatic carbocycles. The molecule has 0 aliphatic rings. The van der Waals surface area contributed by atoms with Crippen LogP contribution in [0.25, 0.3) is 5.65 Å². The topological polar surface area (TPSA) is 56.1 Å². The zero-order valence-electron chi connectivity index (χ0n) is 16.9. The van der Waals surface area contributed by atoms with Crippen LogP contribution in [0.2, 0.25) is 0 Å².